The smallest absolute Gasteiger partial charge is 0.303 e. The summed E-state index contributed by atoms with van der Waals surface area (Å²) in [6, 6.07) is 8.52. The maximum absolute atomic E-state index is 12.2. The highest BCUT2D eigenvalue weighted by Gasteiger charge is 2.25. The van der Waals surface area contributed by atoms with E-state index in [1.54, 1.807) is 24.3 Å². The molecule has 0 heterocycles. The number of rotatable bonds is 7. The number of carboxylic acid groups (broad SMARTS) is 1. The Kier molecular flexibility index (Phi) is 5.92. The average molecular weight is 313 g/mol. The van der Waals surface area contributed by atoms with E-state index in [2.05, 4.69) is 4.72 Å². The molecule has 1 aromatic rings. The summed E-state index contributed by atoms with van der Waals surface area (Å²) in [5.41, 5.74) is 0.413. The van der Waals surface area contributed by atoms with Gasteiger partial charge in [0.1, 0.15) is 0 Å². The molecule has 2 N–H and O–H groups in total. The molecule has 118 valence electrons. The van der Waals surface area contributed by atoms with Crippen LogP contribution in [0.15, 0.2) is 30.3 Å². The second kappa shape index (κ2) is 7.04. The van der Waals surface area contributed by atoms with E-state index in [9.17, 15) is 13.2 Å². The Morgan fingerprint density at radius 2 is 1.81 bits per heavy atom. The normalized spacial score (nSPS) is 13.9. The molecule has 5 nitrogen and oxygen atoms in total. The molecule has 0 aromatic heterocycles. The molecule has 1 aromatic carbocycles. The molecule has 1 atom stereocenters. The van der Waals surface area contributed by atoms with Crippen molar-refractivity contribution in [2.45, 2.75) is 39.7 Å². The summed E-state index contributed by atoms with van der Waals surface area (Å²) in [4.78, 5) is 10.8. The standard InChI is InChI=1S/C15H23NO4S/c1-15(2,3)11-21(19,20)16-13(9-10-14(17)18)12-7-5-4-6-8-12/h4-8,13,16H,9-11H2,1-3H3,(H,17,18). The van der Waals surface area contributed by atoms with E-state index in [1.807, 2.05) is 26.8 Å². The average Bonchev–Trinajstić information content (AvgIpc) is 2.32. The third-order valence-corrected chi connectivity index (χ3v) is 4.68. The van der Waals surface area contributed by atoms with E-state index in [0.29, 0.717) is 0 Å². The van der Waals surface area contributed by atoms with Gasteiger partial charge in [0.25, 0.3) is 0 Å². The van der Waals surface area contributed by atoms with Crippen LogP contribution in [-0.2, 0) is 14.8 Å². The summed E-state index contributed by atoms with van der Waals surface area (Å²) >= 11 is 0. The first-order chi connectivity index (χ1) is 9.59. The van der Waals surface area contributed by atoms with Crippen molar-refractivity contribution in [1.82, 2.24) is 4.72 Å². The molecule has 0 radical (unpaired) electrons. The number of hydrogen-bond acceptors (Lipinski definition) is 3. The molecule has 0 amide bonds. The van der Waals surface area contributed by atoms with E-state index in [-0.39, 0.29) is 24.0 Å². The van der Waals surface area contributed by atoms with Crippen LogP contribution in [0.5, 0.6) is 0 Å². The highest BCUT2D eigenvalue weighted by atomic mass is 32.2. The Hall–Kier alpha value is -1.40. The van der Waals surface area contributed by atoms with Gasteiger partial charge in [-0.05, 0) is 17.4 Å². The minimum Gasteiger partial charge on any atom is -0.481 e. The summed E-state index contributed by atoms with van der Waals surface area (Å²) in [5.74, 6) is -0.943. The van der Waals surface area contributed by atoms with Crippen LogP contribution >= 0.6 is 0 Å². The molecule has 21 heavy (non-hydrogen) atoms. The molecule has 0 aliphatic rings. The number of nitrogens with one attached hydrogen (secondary N) is 1. The van der Waals surface area contributed by atoms with E-state index >= 15 is 0 Å². The summed E-state index contributed by atoms with van der Waals surface area (Å²) in [7, 11) is -3.48. The van der Waals surface area contributed by atoms with Gasteiger partial charge in [-0.15, -0.1) is 0 Å². The largest absolute Gasteiger partial charge is 0.481 e. The van der Waals surface area contributed by atoms with E-state index in [0.717, 1.165) is 5.56 Å². The third-order valence-electron chi connectivity index (χ3n) is 2.79. The quantitative estimate of drug-likeness (QED) is 0.810. The third kappa shape index (κ3) is 7.24. The highest BCUT2D eigenvalue weighted by molar-refractivity contribution is 7.89. The Morgan fingerprint density at radius 3 is 2.29 bits per heavy atom. The minimum atomic E-state index is -3.48. The molecule has 0 bridgehead atoms. The van der Waals surface area contributed by atoms with Crippen LogP contribution in [0.4, 0.5) is 0 Å². The Bertz CT molecular complexity index is 561. The fourth-order valence-corrected chi connectivity index (χ4v) is 3.99. The van der Waals surface area contributed by atoms with Crippen LogP contribution in [0, 0.1) is 5.41 Å². The maximum atomic E-state index is 12.2. The van der Waals surface area contributed by atoms with Crippen molar-refractivity contribution in [3.8, 4) is 0 Å². The first kappa shape index (κ1) is 17.7. The zero-order valence-corrected chi connectivity index (χ0v) is 13.5. The molecule has 1 unspecified atom stereocenters. The van der Waals surface area contributed by atoms with Crippen molar-refractivity contribution in [2.75, 3.05) is 5.75 Å². The first-order valence-electron chi connectivity index (χ1n) is 6.86. The zero-order valence-electron chi connectivity index (χ0n) is 12.7. The number of sulfonamides is 1. The lowest BCUT2D eigenvalue weighted by molar-refractivity contribution is -0.137. The second-order valence-electron chi connectivity index (χ2n) is 6.33. The predicted octanol–water partition coefficient (Wildman–Crippen LogP) is 2.56. The van der Waals surface area contributed by atoms with Gasteiger partial charge in [0.2, 0.25) is 10.0 Å². The summed E-state index contributed by atoms with van der Waals surface area (Å²) in [6.45, 7) is 5.54. The summed E-state index contributed by atoms with van der Waals surface area (Å²) in [6.07, 6.45) is 0.139. The lowest BCUT2D eigenvalue weighted by Crippen LogP contribution is -2.35. The molecular weight excluding hydrogens is 290 g/mol. The lowest BCUT2D eigenvalue weighted by Gasteiger charge is -2.23. The van der Waals surface area contributed by atoms with Crippen molar-refractivity contribution in [1.29, 1.82) is 0 Å². The molecule has 0 saturated heterocycles. The van der Waals surface area contributed by atoms with Crippen LogP contribution in [0.3, 0.4) is 0 Å². The van der Waals surface area contributed by atoms with Crippen LogP contribution in [-0.4, -0.2) is 25.2 Å². The molecule has 0 saturated carbocycles. The molecular formula is C15H23NO4S. The number of aliphatic carboxylic acids is 1. The Morgan fingerprint density at radius 1 is 1.24 bits per heavy atom. The minimum absolute atomic E-state index is 0.00357. The number of hydrogen-bond donors (Lipinski definition) is 2. The van der Waals surface area contributed by atoms with Crippen molar-refractivity contribution in [2.24, 2.45) is 5.41 Å². The first-order valence-corrected chi connectivity index (χ1v) is 8.51. The van der Waals surface area contributed by atoms with E-state index in [1.165, 1.54) is 0 Å². The van der Waals surface area contributed by atoms with Gasteiger partial charge in [-0.3, -0.25) is 4.79 Å². The lowest BCUT2D eigenvalue weighted by atomic mass is 10.0. The molecule has 6 heteroatoms. The SMILES string of the molecule is CC(C)(C)CS(=O)(=O)NC(CCC(=O)O)c1ccccc1. The van der Waals surface area contributed by atoms with Gasteiger partial charge in [0, 0.05) is 12.5 Å². The van der Waals surface area contributed by atoms with Gasteiger partial charge in [0.15, 0.2) is 0 Å². The monoisotopic (exact) mass is 313 g/mol. The van der Waals surface area contributed by atoms with Crippen LogP contribution in [0.25, 0.3) is 0 Å². The van der Waals surface area contributed by atoms with Gasteiger partial charge >= 0.3 is 5.97 Å². The summed E-state index contributed by atoms with van der Waals surface area (Å²) < 4.78 is 27.1. The summed E-state index contributed by atoms with van der Waals surface area (Å²) in [5, 5.41) is 8.82. The van der Waals surface area contributed by atoms with E-state index < -0.39 is 22.0 Å². The highest BCUT2D eigenvalue weighted by Crippen LogP contribution is 2.22. The second-order valence-corrected chi connectivity index (χ2v) is 8.09. The van der Waals surface area contributed by atoms with E-state index in [4.69, 9.17) is 5.11 Å². The molecule has 0 aliphatic carbocycles. The van der Waals surface area contributed by atoms with Gasteiger partial charge < -0.3 is 5.11 Å². The number of carbonyl (C=O) groups is 1. The predicted molar refractivity (Wildman–Crippen MR) is 82.4 cm³/mol. The molecule has 0 aliphatic heterocycles. The van der Waals surface area contributed by atoms with Crippen LogP contribution < -0.4 is 4.72 Å². The number of benzene rings is 1. The van der Waals surface area contributed by atoms with Crippen LogP contribution in [0.1, 0.15) is 45.2 Å². The van der Waals surface area contributed by atoms with Gasteiger partial charge in [0.05, 0.1) is 5.75 Å². The van der Waals surface area contributed by atoms with Gasteiger partial charge in [-0.2, -0.15) is 0 Å². The fourth-order valence-electron chi connectivity index (χ4n) is 2.08. The molecule has 1 rings (SSSR count). The Labute approximate surface area is 126 Å². The topological polar surface area (TPSA) is 83.5 Å². The van der Waals surface area contributed by atoms with Crippen LogP contribution in [0.2, 0.25) is 0 Å². The molecule has 0 spiro atoms. The molecule has 0 fully saturated rings. The zero-order chi connectivity index (χ0) is 16.1. The number of carboxylic acids is 1. The van der Waals surface area contributed by atoms with Crippen molar-refractivity contribution in [3.05, 3.63) is 35.9 Å². The van der Waals surface area contributed by atoms with Gasteiger partial charge in [-0.25, -0.2) is 13.1 Å². The van der Waals surface area contributed by atoms with Gasteiger partial charge in [-0.1, -0.05) is 51.1 Å². The van der Waals surface area contributed by atoms with Crippen molar-refractivity contribution in [3.63, 3.8) is 0 Å². The van der Waals surface area contributed by atoms with Crippen molar-refractivity contribution < 1.29 is 18.3 Å². The maximum Gasteiger partial charge on any atom is 0.303 e. The fraction of sp³-hybridized carbons (Fsp3) is 0.533. The Balaban J connectivity index is 2.90. The van der Waals surface area contributed by atoms with Crippen molar-refractivity contribution >= 4 is 16.0 Å².